The van der Waals surface area contributed by atoms with E-state index in [0.29, 0.717) is 11.4 Å². The van der Waals surface area contributed by atoms with Crippen molar-refractivity contribution in [3.05, 3.63) is 23.8 Å². The third-order valence-electron chi connectivity index (χ3n) is 3.73. The van der Waals surface area contributed by atoms with Crippen molar-refractivity contribution >= 4 is 31.2 Å². The molecule has 0 aliphatic carbocycles. The van der Waals surface area contributed by atoms with Gasteiger partial charge in [-0.2, -0.15) is 0 Å². The number of nitrogens with two attached hydrogens (primary N) is 1. The van der Waals surface area contributed by atoms with Gasteiger partial charge in [0.2, 0.25) is 10.0 Å². The number of rotatable bonds is 4. The fraction of sp³-hybridized carbons (Fsp3) is 0.538. The van der Waals surface area contributed by atoms with Crippen LogP contribution in [0, 0.1) is 0 Å². The van der Waals surface area contributed by atoms with Crippen molar-refractivity contribution in [3.63, 3.8) is 0 Å². The monoisotopic (exact) mass is 332 g/mol. The fourth-order valence-corrected chi connectivity index (χ4v) is 5.67. The number of sulfone groups is 1. The van der Waals surface area contributed by atoms with Crippen LogP contribution in [-0.4, -0.2) is 33.6 Å². The largest absolute Gasteiger partial charge is 0.398 e. The molecule has 1 saturated heterocycles. The van der Waals surface area contributed by atoms with Gasteiger partial charge in [-0.15, -0.1) is 0 Å². The second-order valence-electron chi connectivity index (χ2n) is 5.27. The van der Waals surface area contributed by atoms with Crippen LogP contribution in [0.5, 0.6) is 0 Å². The predicted molar refractivity (Wildman–Crippen MR) is 84.5 cm³/mol. The highest BCUT2D eigenvalue weighted by molar-refractivity contribution is 7.94. The lowest BCUT2D eigenvalue weighted by Crippen LogP contribution is -2.36. The molecule has 1 aromatic carbocycles. The van der Waals surface area contributed by atoms with Crippen molar-refractivity contribution < 1.29 is 16.8 Å². The van der Waals surface area contributed by atoms with Crippen molar-refractivity contribution in [2.45, 2.75) is 31.4 Å². The Morgan fingerprint density at radius 1 is 1.29 bits per heavy atom. The molecule has 1 aromatic rings. The van der Waals surface area contributed by atoms with Crippen molar-refractivity contribution in [2.75, 3.05) is 22.0 Å². The fourth-order valence-electron chi connectivity index (χ4n) is 2.41. The van der Waals surface area contributed by atoms with Gasteiger partial charge in [-0.05, 0) is 37.0 Å². The summed E-state index contributed by atoms with van der Waals surface area (Å²) in [5.41, 5.74) is 7.77. The summed E-state index contributed by atoms with van der Waals surface area (Å²) in [5, 5.41) is -0.673. The molecule has 3 N–H and O–H groups in total. The molecule has 1 aliphatic rings. The number of nitrogens with one attached hydrogen (secondary N) is 1. The highest BCUT2D eigenvalue weighted by Gasteiger charge is 2.32. The van der Waals surface area contributed by atoms with Crippen LogP contribution < -0.4 is 10.5 Å². The molecule has 0 aromatic heterocycles. The first-order valence-electron chi connectivity index (χ1n) is 6.84. The summed E-state index contributed by atoms with van der Waals surface area (Å²) in [7, 11) is -6.67. The van der Waals surface area contributed by atoms with Crippen LogP contribution in [-0.2, 0) is 26.3 Å². The van der Waals surface area contributed by atoms with E-state index in [4.69, 9.17) is 5.73 Å². The van der Waals surface area contributed by atoms with Gasteiger partial charge in [-0.1, -0.05) is 13.0 Å². The van der Waals surface area contributed by atoms with Gasteiger partial charge in [0.1, 0.15) is 9.84 Å². The molecule has 0 amide bonds. The van der Waals surface area contributed by atoms with Crippen LogP contribution >= 0.6 is 0 Å². The molecule has 8 heteroatoms. The molecule has 2 rings (SSSR count). The molecule has 1 heterocycles. The van der Waals surface area contributed by atoms with Crippen LogP contribution in [0.2, 0.25) is 0 Å². The normalized spacial score (nSPS) is 19.3. The van der Waals surface area contributed by atoms with E-state index in [2.05, 4.69) is 4.72 Å². The second kappa shape index (κ2) is 5.84. The summed E-state index contributed by atoms with van der Waals surface area (Å²) in [5.74, 6) is -0.148. The minimum absolute atomic E-state index is 0.0739. The lowest BCUT2D eigenvalue weighted by Gasteiger charge is -2.22. The first kappa shape index (κ1) is 16.1. The first-order chi connectivity index (χ1) is 9.73. The van der Waals surface area contributed by atoms with E-state index in [1.54, 1.807) is 18.2 Å². The van der Waals surface area contributed by atoms with Gasteiger partial charge in [0.25, 0.3) is 0 Å². The molecule has 6 nitrogen and oxygen atoms in total. The third kappa shape index (κ3) is 3.88. The SMILES string of the molecule is CCc1ccc(NS(=O)(=O)C2CCS(=O)(=O)CC2)cc1N. The number of aryl methyl sites for hydroxylation is 1. The van der Waals surface area contributed by atoms with Crippen molar-refractivity contribution in [2.24, 2.45) is 0 Å². The lowest BCUT2D eigenvalue weighted by atomic mass is 10.1. The van der Waals surface area contributed by atoms with E-state index in [-0.39, 0.29) is 24.3 Å². The Morgan fingerprint density at radius 3 is 2.43 bits per heavy atom. The van der Waals surface area contributed by atoms with Crippen LogP contribution in [0.4, 0.5) is 11.4 Å². The Kier molecular flexibility index (Phi) is 4.48. The van der Waals surface area contributed by atoms with Gasteiger partial charge in [0.05, 0.1) is 22.4 Å². The Hall–Kier alpha value is -1.28. The maximum atomic E-state index is 12.3. The van der Waals surface area contributed by atoms with E-state index in [1.807, 2.05) is 6.92 Å². The maximum Gasteiger partial charge on any atom is 0.235 e. The Labute approximate surface area is 125 Å². The van der Waals surface area contributed by atoms with E-state index in [0.717, 1.165) is 12.0 Å². The molecule has 0 atom stereocenters. The van der Waals surface area contributed by atoms with E-state index >= 15 is 0 Å². The number of hydrogen-bond acceptors (Lipinski definition) is 5. The molecule has 0 bridgehead atoms. The van der Waals surface area contributed by atoms with Crippen molar-refractivity contribution in [1.82, 2.24) is 0 Å². The van der Waals surface area contributed by atoms with Gasteiger partial charge in [0, 0.05) is 5.69 Å². The molecule has 21 heavy (non-hydrogen) atoms. The summed E-state index contributed by atoms with van der Waals surface area (Å²) in [6, 6.07) is 5.06. The average molecular weight is 332 g/mol. The van der Waals surface area contributed by atoms with Crippen LogP contribution in [0.1, 0.15) is 25.3 Å². The van der Waals surface area contributed by atoms with Gasteiger partial charge < -0.3 is 5.73 Å². The van der Waals surface area contributed by atoms with Gasteiger partial charge in [-0.25, -0.2) is 16.8 Å². The van der Waals surface area contributed by atoms with Crippen molar-refractivity contribution in [3.8, 4) is 0 Å². The molecule has 0 unspecified atom stereocenters. The molecular weight excluding hydrogens is 312 g/mol. The zero-order valence-corrected chi connectivity index (χ0v) is 13.5. The Bertz CT molecular complexity index is 713. The van der Waals surface area contributed by atoms with Crippen LogP contribution in [0.15, 0.2) is 18.2 Å². The number of nitrogen functional groups attached to an aromatic ring is 1. The summed E-state index contributed by atoms with van der Waals surface area (Å²) in [6.07, 6.45) is 1.06. The summed E-state index contributed by atoms with van der Waals surface area (Å²) in [6.45, 7) is 1.97. The van der Waals surface area contributed by atoms with E-state index in [1.165, 1.54) is 0 Å². The molecule has 0 radical (unpaired) electrons. The number of sulfonamides is 1. The quantitative estimate of drug-likeness (QED) is 0.805. The van der Waals surface area contributed by atoms with Crippen LogP contribution in [0.3, 0.4) is 0 Å². The van der Waals surface area contributed by atoms with Crippen LogP contribution in [0.25, 0.3) is 0 Å². The minimum Gasteiger partial charge on any atom is -0.398 e. The molecule has 0 saturated carbocycles. The van der Waals surface area contributed by atoms with Gasteiger partial charge in [0.15, 0.2) is 0 Å². The molecular formula is C13H20N2O4S2. The Morgan fingerprint density at radius 2 is 1.90 bits per heavy atom. The minimum atomic E-state index is -3.59. The highest BCUT2D eigenvalue weighted by atomic mass is 32.2. The van der Waals surface area contributed by atoms with Crippen molar-refractivity contribution in [1.29, 1.82) is 0 Å². The summed E-state index contributed by atoms with van der Waals surface area (Å²) >= 11 is 0. The van der Waals surface area contributed by atoms with E-state index in [9.17, 15) is 16.8 Å². The molecule has 118 valence electrons. The number of anilines is 2. The molecule has 1 aliphatic heterocycles. The number of hydrogen-bond donors (Lipinski definition) is 2. The molecule has 1 fully saturated rings. The second-order valence-corrected chi connectivity index (χ2v) is 9.53. The van der Waals surface area contributed by atoms with Gasteiger partial charge in [-0.3, -0.25) is 4.72 Å². The van der Waals surface area contributed by atoms with E-state index < -0.39 is 25.1 Å². The Balaban J connectivity index is 2.13. The number of benzene rings is 1. The zero-order chi connectivity index (χ0) is 15.7. The van der Waals surface area contributed by atoms with Gasteiger partial charge >= 0.3 is 0 Å². The first-order valence-corrected chi connectivity index (χ1v) is 10.2. The summed E-state index contributed by atoms with van der Waals surface area (Å²) in [4.78, 5) is 0. The highest BCUT2D eigenvalue weighted by Crippen LogP contribution is 2.24. The third-order valence-corrected chi connectivity index (χ3v) is 7.31. The summed E-state index contributed by atoms with van der Waals surface area (Å²) < 4.78 is 49.8. The predicted octanol–water partition coefficient (Wildman–Crippen LogP) is 1.15. The smallest absolute Gasteiger partial charge is 0.235 e. The standard InChI is InChI=1S/C13H20N2O4S2/c1-2-10-3-4-11(9-13(10)14)15-21(18,19)12-5-7-20(16,17)8-6-12/h3-4,9,12,15H,2,5-8,14H2,1H3. The average Bonchev–Trinajstić information content (AvgIpc) is 2.38. The topological polar surface area (TPSA) is 106 Å². The maximum absolute atomic E-state index is 12.3. The lowest BCUT2D eigenvalue weighted by molar-refractivity contribution is 0.555. The zero-order valence-electron chi connectivity index (χ0n) is 11.9. The molecule has 0 spiro atoms.